The maximum Gasteiger partial charge on any atom is 0.160 e. The number of phenols is 3. The van der Waals surface area contributed by atoms with Gasteiger partial charge in [0.05, 0.1) is 19.8 Å². The summed E-state index contributed by atoms with van der Waals surface area (Å²) in [5, 5.41) is 61.5. The number of Topliss-reactive ketones (excluding diaryl/α,β-unsaturated/α-hetero) is 1. The molecule has 8 heteroatoms. The number of ketones is 1. The molecule has 314 valence electrons. The topological polar surface area (TPSA) is 139 Å². The van der Waals surface area contributed by atoms with Gasteiger partial charge in [-0.3, -0.25) is 4.79 Å². The van der Waals surface area contributed by atoms with Gasteiger partial charge in [0, 0.05) is 54.0 Å². The van der Waals surface area contributed by atoms with E-state index in [1.54, 1.807) is 12.1 Å². The van der Waals surface area contributed by atoms with Gasteiger partial charge in [-0.2, -0.15) is 0 Å². The molecule has 0 aromatic heterocycles. The van der Waals surface area contributed by atoms with Crippen LogP contribution in [0.4, 0.5) is 0 Å². The fraction of sp³-hybridized carbons (Fsp3) is 0.588. The van der Waals surface area contributed by atoms with Crippen LogP contribution in [-0.4, -0.2) is 57.1 Å². The van der Waals surface area contributed by atoms with E-state index in [4.69, 9.17) is 4.74 Å². The van der Waals surface area contributed by atoms with Crippen LogP contribution in [0.5, 0.6) is 23.0 Å². The zero-order valence-corrected chi connectivity index (χ0v) is 34.8. The Hall–Kier alpha value is -4.03. The monoisotopic (exact) mass is 801 g/mol. The molecule has 4 fully saturated rings. The highest BCUT2D eigenvalue weighted by Gasteiger charge is 2.69. The molecule has 0 amide bonds. The van der Waals surface area contributed by atoms with E-state index >= 15 is 4.79 Å². The Balaban J connectivity index is 1.26. The molecule has 0 radical (unpaired) electrons. The molecule has 3 aromatic carbocycles. The van der Waals surface area contributed by atoms with E-state index in [9.17, 15) is 25.5 Å². The Kier molecular flexibility index (Phi) is 11.0. The van der Waals surface area contributed by atoms with Crippen molar-refractivity contribution in [3.05, 3.63) is 82.4 Å². The molecular formula is C51H63NO7. The first kappa shape index (κ1) is 40.4. The van der Waals surface area contributed by atoms with Crippen molar-refractivity contribution in [1.82, 2.24) is 5.32 Å². The summed E-state index contributed by atoms with van der Waals surface area (Å²) in [7, 11) is 1.50. The number of carbonyl (C=O) groups is 1. The van der Waals surface area contributed by atoms with Gasteiger partial charge < -0.3 is 35.6 Å². The molecule has 59 heavy (non-hydrogen) atoms. The summed E-state index contributed by atoms with van der Waals surface area (Å²) in [6.45, 7) is 2.42. The smallest absolute Gasteiger partial charge is 0.160 e. The minimum absolute atomic E-state index is 0.00454. The minimum atomic E-state index is -0.984. The zero-order valence-electron chi connectivity index (χ0n) is 34.8. The quantitative estimate of drug-likeness (QED) is 0.0721. The highest BCUT2D eigenvalue weighted by atomic mass is 16.5. The van der Waals surface area contributed by atoms with Gasteiger partial charge in [-0.05, 0) is 127 Å². The normalized spacial score (nSPS) is 34.2. The van der Waals surface area contributed by atoms with Crippen LogP contribution >= 0.6 is 0 Å². The number of fused-ring (bicyclic) bond motifs is 5. The Morgan fingerprint density at radius 3 is 2.46 bits per heavy atom. The Morgan fingerprint density at radius 2 is 1.71 bits per heavy atom. The van der Waals surface area contributed by atoms with Gasteiger partial charge in [-0.25, -0.2) is 0 Å². The third-order valence-corrected chi connectivity index (χ3v) is 16.6. The number of nitrogens with one attached hydrogen (secondary N) is 1. The number of phenolic OH excluding ortho intramolecular Hbond substituents is 3. The number of ether oxygens (including phenoxy) is 1. The largest absolute Gasteiger partial charge is 0.504 e. The number of piperidine rings is 1. The summed E-state index contributed by atoms with van der Waals surface area (Å²) in [4.78, 5) is 15.4. The lowest BCUT2D eigenvalue weighted by Crippen LogP contribution is -2.72. The minimum Gasteiger partial charge on any atom is -0.504 e. The third kappa shape index (κ3) is 6.66. The van der Waals surface area contributed by atoms with Gasteiger partial charge >= 0.3 is 0 Å². The summed E-state index contributed by atoms with van der Waals surface area (Å²) >= 11 is 0. The van der Waals surface area contributed by atoms with Crippen molar-refractivity contribution in [3.63, 3.8) is 0 Å². The van der Waals surface area contributed by atoms with Crippen molar-refractivity contribution in [2.45, 2.75) is 133 Å². The van der Waals surface area contributed by atoms with Gasteiger partial charge in [-0.1, -0.05) is 81.2 Å². The number of aromatic hydroxyl groups is 3. The van der Waals surface area contributed by atoms with Crippen LogP contribution in [0.25, 0.3) is 0 Å². The van der Waals surface area contributed by atoms with Gasteiger partial charge in [-0.15, -0.1) is 0 Å². The fourth-order valence-electron chi connectivity index (χ4n) is 14.2. The van der Waals surface area contributed by atoms with E-state index in [1.807, 2.05) is 30.3 Å². The predicted molar refractivity (Wildman–Crippen MR) is 227 cm³/mol. The van der Waals surface area contributed by atoms with Crippen molar-refractivity contribution >= 4 is 5.78 Å². The highest BCUT2D eigenvalue weighted by Crippen LogP contribution is 2.72. The molecule has 6 aliphatic rings. The van der Waals surface area contributed by atoms with E-state index < -0.39 is 23.4 Å². The summed E-state index contributed by atoms with van der Waals surface area (Å²) in [6.07, 6.45) is 12.1. The summed E-state index contributed by atoms with van der Waals surface area (Å²) in [6, 6.07) is 17.3. The summed E-state index contributed by atoms with van der Waals surface area (Å²) in [5.41, 5.74) is 4.14. The number of aliphatic hydroxyl groups excluding tert-OH is 2. The first-order valence-corrected chi connectivity index (χ1v) is 22.7. The number of carbonyl (C=O) groups excluding carboxylic acids is 1. The van der Waals surface area contributed by atoms with Gasteiger partial charge in [0.1, 0.15) is 5.78 Å². The molecule has 1 saturated heterocycles. The van der Waals surface area contributed by atoms with Gasteiger partial charge in [0.2, 0.25) is 0 Å². The van der Waals surface area contributed by atoms with Crippen LogP contribution in [0.15, 0.2) is 54.6 Å². The lowest BCUT2D eigenvalue weighted by atomic mass is 9.37. The number of unbranched alkanes of at least 4 members (excludes halogenated alkanes) is 2. The SMILES string of the molecule is CCCCC[C@H]1C(=O)C[C@@H](c2cc(OC)c(O)cc2CO)[C@H](Cc2ccccc2)C#C[C@@H]2CN[C@@H]3CCC4CC5(CCCC5)[C@@H]5C[C@@H]4[C@]3(c3cc(O)c(O)cc35)[C@H]2[C@H]1O. The summed E-state index contributed by atoms with van der Waals surface area (Å²) < 4.78 is 5.59. The van der Waals surface area contributed by atoms with Gasteiger partial charge in [0.25, 0.3) is 0 Å². The molecule has 9 rings (SSSR count). The number of methoxy groups -OCH3 is 1. The fourth-order valence-corrected chi connectivity index (χ4v) is 14.2. The van der Waals surface area contributed by atoms with Crippen molar-refractivity contribution in [2.75, 3.05) is 13.7 Å². The molecule has 2 spiro atoms. The van der Waals surface area contributed by atoms with E-state index in [-0.39, 0.29) is 82.9 Å². The molecule has 3 aromatic rings. The number of hydrogen-bond acceptors (Lipinski definition) is 8. The number of rotatable bonds is 9. The molecule has 8 nitrogen and oxygen atoms in total. The van der Waals surface area contributed by atoms with E-state index in [0.717, 1.165) is 67.2 Å². The molecule has 11 atom stereocenters. The van der Waals surface area contributed by atoms with Crippen LogP contribution in [0, 0.1) is 52.8 Å². The van der Waals surface area contributed by atoms with E-state index in [2.05, 4.69) is 36.2 Å². The van der Waals surface area contributed by atoms with Crippen molar-refractivity contribution in [3.8, 4) is 34.8 Å². The van der Waals surface area contributed by atoms with E-state index in [0.29, 0.717) is 30.9 Å². The Labute approximate surface area is 349 Å². The molecular weight excluding hydrogens is 739 g/mol. The van der Waals surface area contributed by atoms with Crippen LogP contribution in [0.1, 0.15) is 130 Å². The Morgan fingerprint density at radius 1 is 0.932 bits per heavy atom. The molecule has 5 aliphatic carbocycles. The molecule has 1 unspecified atom stereocenters. The van der Waals surface area contributed by atoms with Crippen molar-refractivity contribution in [1.29, 1.82) is 0 Å². The molecule has 1 heterocycles. The number of benzene rings is 3. The molecule has 2 bridgehead atoms. The lowest BCUT2D eigenvalue weighted by molar-refractivity contribution is -0.143. The average Bonchev–Trinajstić information content (AvgIpc) is 3.71. The van der Waals surface area contributed by atoms with Crippen LogP contribution in [0.3, 0.4) is 0 Å². The van der Waals surface area contributed by atoms with Crippen molar-refractivity contribution < 1.29 is 35.1 Å². The maximum atomic E-state index is 15.4. The van der Waals surface area contributed by atoms with Crippen LogP contribution in [-0.2, 0) is 23.2 Å². The standard InChI is InChI=1S/C51H63NO7/c1-3-4-6-13-35-42(54)22-36(37-24-46(59-2)45(57)21-34(37)29-53)31(20-30-11-7-5-8-12-30)14-15-33-28-52-47-17-16-32-27-50(18-9-10-19-50)40-25-39(32)51(47,48(33)49(35)58)41-26-44(56)43(55)23-38(40)41/h5,7-8,11-12,21,23-24,26,31-33,35-36,39-40,47-49,52-53,55-58H,3-4,6,9-10,13,16-20,22,25,27-29H2,1-2H3/t31-,32?,33+,35-,36+,39-,40+,47+,48+,49-,51+/m0/s1. The highest BCUT2D eigenvalue weighted by molar-refractivity contribution is 5.83. The van der Waals surface area contributed by atoms with Crippen LogP contribution in [0.2, 0.25) is 0 Å². The van der Waals surface area contributed by atoms with Crippen LogP contribution < -0.4 is 10.1 Å². The molecule has 3 saturated carbocycles. The first-order valence-electron chi connectivity index (χ1n) is 22.7. The second-order valence-corrected chi connectivity index (χ2v) is 19.3. The van der Waals surface area contributed by atoms with Gasteiger partial charge in [0.15, 0.2) is 23.0 Å². The maximum absolute atomic E-state index is 15.4. The Bertz CT molecular complexity index is 2100. The lowest BCUT2D eigenvalue weighted by Gasteiger charge is -2.69. The third-order valence-electron chi connectivity index (χ3n) is 16.6. The molecule has 1 aliphatic heterocycles. The predicted octanol–water partition coefficient (Wildman–Crippen LogP) is 8.40. The summed E-state index contributed by atoms with van der Waals surface area (Å²) in [5.74, 6) is 6.52. The van der Waals surface area contributed by atoms with Crippen molar-refractivity contribution in [2.24, 2.45) is 40.9 Å². The first-order chi connectivity index (χ1) is 28.6. The average molecular weight is 802 g/mol. The zero-order chi connectivity index (χ0) is 41.1. The molecule has 6 N–H and O–H groups in total. The second kappa shape index (κ2) is 16.1. The second-order valence-electron chi connectivity index (χ2n) is 19.3. The van der Waals surface area contributed by atoms with E-state index in [1.165, 1.54) is 32.8 Å². The number of aliphatic hydroxyl groups is 2. The number of hydrogen-bond donors (Lipinski definition) is 6.